The molecular weight excluding hydrogens is 214 g/mol. The summed E-state index contributed by atoms with van der Waals surface area (Å²) in [6.07, 6.45) is 7.62. The fraction of sp³-hybridized carbons (Fsp3) is 1.00. The summed E-state index contributed by atoms with van der Waals surface area (Å²) < 4.78 is 11.9. The molecule has 98 valence electrons. The Labute approximate surface area is 104 Å². The summed E-state index contributed by atoms with van der Waals surface area (Å²) in [6, 6.07) is 0. The molecule has 3 heteroatoms. The molecule has 17 heavy (non-hydrogen) atoms. The van der Waals surface area contributed by atoms with Gasteiger partial charge in [-0.3, -0.25) is 0 Å². The predicted molar refractivity (Wildman–Crippen MR) is 67.1 cm³/mol. The Kier molecular flexibility index (Phi) is 3.69. The lowest BCUT2D eigenvalue weighted by Gasteiger charge is -2.38. The van der Waals surface area contributed by atoms with E-state index in [0.29, 0.717) is 0 Å². The molecule has 0 amide bonds. The Morgan fingerprint density at radius 2 is 2.00 bits per heavy atom. The molecule has 0 aromatic heterocycles. The smallest absolute Gasteiger partial charge is 0.0736 e. The number of ether oxygens (including phenoxy) is 2. The summed E-state index contributed by atoms with van der Waals surface area (Å²) >= 11 is 0. The molecule has 1 aliphatic carbocycles. The van der Waals surface area contributed by atoms with Gasteiger partial charge in [-0.05, 0) is 63.5 Å². The second-order valence-electron chi connectivity index (χ2n) is 5.96. The molecule has 0 bridgehead atoms. The zero-order chi connectivity index (χ0) is 11.6. The summed E-state index contributed by atoms with van der Waals surface area (Å²) in [5.74, 6) is 1.63. The standard InChI is InChI=1S/C14H25NO2/c1-2-12(1)11-16-9-3-13-4-10-17-14(13)5-7-15-8-6-14/h12-13,15H,1-11H2/t13-/m1/s1. The van der Waals surface area contributed by atoms with Crippen LogP contribution in [-0.4, -0.2) is 38.5 Å². The van der Waals surface area contributed by atoms with E-state index in [2.05, 4.69) is 5.32 Å². The lowest BCUT2D eigenvalue weighted by atomic mass is 9.78. The van der Waals surface area contributed by atoms with Gasteiger partial charge in [-0.25, -0.2) is 0 Å². The van der Waals surface area contributed by atoms with E-state index in [-0.39, 0.29) is 5.60 Å². The van der Waals surface area contributed by atoms with E-state index in [4.69, 9.17) is 9.47 Å². The third-order valence-corrected chi connectivity index (χ3v) is 4.71. The van der Waals surface area contributed by atoms with E-state index in [1.807, 2.05) is 0 Å². The SMILES string of the molecule is C1CC2(CCN1)OCC[C@H]2CCOCC1CC1. The van der Waals surface area contributed by atoms with Crippen LogP contribution in [0.15, 0.2) is 0 Å². The first-order chi connectivity index (χ1) is 8.39. The average Bonchev–Trinajstić information content (AvgIpc) is 3.11. The summed E-state index contributed by atoms with van der Waals surface area (Å²) in [7, 11) is 0. The minimum absolute atomic E-state index is 0.203. The largest absolute Gasteiger partial charge is 0.381 e. The topological polar surface area (TPSA) is 30.5 Å². The second-order valence-corrected chi connectivity index (χ2v) is 5.96. The van der Waals surface area contributed by atoms with Crippen LogP contribution >= 0.6 is 0 Å². The predicted octanol–water partition coefficient (Wildman–Crippen LogP) is 1.96. The van der Waals surface area contributed by atoms with Crippen molar-refractivity contribution in [3.05, 3.63) is 0 Å². The van der Waals surface area contributed by atoms with Crippen molar-refractivity contribution in [1.82, 2.24) is 5.32 Å². The van der Waals surface area contributed by atoms with E-state index < -0.39 is 0 Å². The number of hydrogen-bond acceptors (Lipinski definition) is 3. The van der Waals surface area contributed by atoms with Crippen molar-refractivity contribution < 1.29 is 9.47 Å². The Morgan fingerprint density at radius 1 is 1.18 bits per heavy atom. The van der Waals surface area contributed by atoms with E-state index in [0.717, 1.165) is 44.7 Å². The second kappa shape index (κ2) is 5.25. The van der Waals surface area contributed by atoms with Gasteiger partial charge in [0, 0.05) is 19.8 Å². The summed E-state index contributed by atoms with van der Waals surface area (Å²) in [6.45, 7) is 5.16. The van der Waals surface area contributed by atoms with Crippen molar-refractivity contribution in [3.8, 4) is 0 Å². The monoisotopic (exact) mass is 239 g/mol. The van der Waals surface area contributed by atoms with Crippen molar-refractivity contribution in [2.45, 2.75) is 44.1 Å². The van der Waals surface area contributed by atoms with Crippen LogP contribution in [0.1, 0.15) is 38.5 Å². The molecule has 1 saturated carbocycles. The van der Waals surface area contributed by atoms with Crippen LogP contribution in [0.2, 0.25) is 0 Å². The van der Waals surface area contributed by atoms with Crippen molar-refractivity contribution in [2.24, 2.45) is 11.8 Å². The molecule has 2 heterocycles. The third kappa shape index (κ3) is 2.83. The van der Waals surface area contributed by atoms with E-state index in [1.165, 1.54) is 38.5 Å². The van der Waals surface area contributed by atoms with Gasteiger partial charge in [0.1, 0.15) is 0 Å². The highest BCUT2D eigenvalue weighted by Crippen LogP contribution is 2.41. The van der Waals surface area contributed by atoms with Crippen molar-refractivity contribution >= 4 is 0 Å². The first-order valence-corrected chi connectivity index (χ1v) is 7.31. The van der Waals surface area contributed by atoms with Crippen molar-refractivity contribution in [3.63, 3.8) is 0 Å². The summed E-state index contributed by atoms with van der Waals surface area (Å²) in [5.41, 5.74) is 0.203. The maximum atomic E-state index is 6.09. The van der Waals surface area contributed by atoms with E-state index in [1.54, 1.807) is 0 Å². The van der Waals surface area contributed by atoms with Crippen LogP contribution < -0.4 is 5.32 Å². The quantitative estimate of drug-likeness (QED) is 0.744. The van der Waals surface area contributed by atoms with Crippen LogP contribution in [-0.2, 0) is 9.47 Å². The van der Waals surface area contributed by atoms with Crippen LogP contribution in [0, 0.1) is 11.8 Å². The molecule has 3 fully saturated rings. The summed E-state index contributed by atoms with van der Waals surface area (Å²) in [4.78, 5) is 0. The third-order valence-electron chi connectivity index (χ3n) is 4.71. The molecule has 3 nitrogen and oxygen atoms in total. The average molecular weight is 239 g/mol. The molecule has 0 aromatic carbocycles. The number of rotatable bonds is 5. The lowest BCUT2D eigenvalue weighted by Crippen LogP contribution is -2.46. The maximum absolute atomic E-state index is 6.09. The Hall–Kier alpha value is -0.120. The fourth-order valence-corrected chi connectivity index (χ4v) is 3.36. The highest BCUT2D eigenvalue weighted by Gasteiger charge is 2.44. The zero-order valence-corrected chi connectivity index (χ0v) is 10.7. The molecule has 3 aliphatic rings. The first kappa shape index (κ1) is 11.9. The van der Waals surface area contributed by atoms with Gasteiger partial charge >= 0.3 is 0 Å². The van der Waals surface area contributed by atoms with E-state index >= 15 is 0 Å². The van der Waals surface area contributed by atoms with Crippen LogP contribution in [0.25, 0.3) is 0 Å². The van der Waals surface area contributed by atoms with Crippen LogP contribution in [0.3, 0.4) is 0 Å². The molecule has 1 atom stereocenters. The minimum Gasteiger partial charge on any atom is -0.381 e. The molecule has 2 saturated heterocycles. The normalized spacial score (nSPS) is 32.1. The Bertz CT molecular complexity index is 247. The van der Waals surface area contributed by atoms with Gasteiger partial charge in [0.15, 0.2) is 0 Å². The molecule has 1 spiro atoms. The molecule has 2 aliphatic heterocycles. The lowest BCUT2D eigenvalue weighted by molar-refractivity contribution is -0.0512. The van der Waals surface area contributed by atoms with E-state index in [9.17, 15) is 0 Å². The minimum atomic E-state index is 0.203. The number of hydrogen-bond donors (Lipinski definition) is 1. The van der Waals surface area contributed by atoms with Gasteiger partial charge in [0.2, 0.25) is 0 Å². The molecule has 3 rings (SSSR count). The molecule has 0 aromatic rings. The maximum Gasteiger partial charge on any atom is 0.0736 e. The van der Waals surface area contributed by atoms with Gasteiger partial charge in [0.25, 0.3) is 0 Å². The molecule has 0 radical (unpaired) electrons. The van der Waals surface area contributed by atoms with Gasteiger partial charge in [-0.15, -0.1) is 0 Å². The van der Waals surface area contributed by atoms with Gasteiger partial charge in [0.05, 0.1) is 5.60 Å². The molecule has 0 unspecified atom stereocenters. The molecule has 1 N–H and O–H groups in total. The van der Waals surface area contributed by atoms with Crippen molar-refractivity contribution in [1.29, 1.82) is 0 Å². The van der Waals surface area contributed by atoms with Crippen molar-refractivity contribution in [2.75, 3.05) is 32.9 Å². The van der Waals surface area contributed by atoms with Crippen LogP contribution in [0.5, 0.6) is 0 Å². The first-order valence-electron chi connectivity index (χ1n) is 7.31. The number of nitrogens with one attached hydrogen (secondary N) is 1. The van der Waals surface area contributed by atoms with Crippen LogP contribution in [0.4, 0.5) is 0 Å². The summed E-state index contributed by atoms with van der Waals surface area (Å²) in [5, 5.41) is 3.44. The fourth-order valence-electron chi connectivity index (χ4n) is 3.36. The van der Waals surface area contributed by atoms with Gasteiger partial charge in [-0.1, -0.05) is 0 Å². The van der Waals surface area contributed by atoms with Gasteiger partial charge < -0.3 is 14.8 Å². The number of piperidine rings is 1. The molecular formula is C14H25NO2. The Balaban J connectivity index is 1.43. The Morgan fingerprint density at radius 3 is 2.76 bits per heavy atom. The highest BCUT2D eigenvalue weighted by molar-refractivity contribution is 4.95. The highest BCUT2D eigenvalue weighted by atomic mass is 16.5. The van der Waals surface area contributed by atoms with Gasteiger partial charge in [-0.2, -0.15) is 0 Å². The zero-order valence-electron chi connectivity index (χ0n) is 10.7.